The average molecular weight is 253 g/mol. The SMILES string of the molecule is Cc1c(C(=O)O)sc2nc(C(C)C)oc(=O)c12. The van der Waals surface area contributed by atoms with Crippen LogP contribution in [0.5, 0.6) is 0 Å². The lowest BCUT2D eigenvalue weighted by molar-refractivity contribution is 0.0701. The van der Waals surface area contributed by atoms with Gasteiger partial charge in [0.1, 0.15) is 15.1 Å². The van der Waals surface area contributed by atoms with E-state index in [1.165, 1.54) is 0 Å². The summed E-state index contributed by atoms with van der Waals surface area (Å²) in [5, 5.41) is 9.26. The van der Waals surface area contributed by atoms with Gasteiger partial charge in [0.25, 0.3) is 0 Å². The summed E-state index contributed by atoms with van der Waals surface area (Å²) in [6.45, 7) is 5.31. The molecule has 0 amide bonds. The van der Waals surface area contributed by atoms with E-state index in [0.29, 0.717) is 16.3 Å². The average Bonchev–Trinajstić information content (AvgIpc) is 2.56. The number of carboxylic acids is 1. The Morgan fingerprint density at radius 3 is 2.65 bits per heavy atom. The third-order valence-corrected chi connectivity index (χ3v) is 3.60. The van der Waals surface area contributed by atoms with E-state index in [0.717, 1.165) is 11.3 Å². The number of aromatic carboxylic acids is 1. The number of aryl methyl sites for hydroxylation is 1. The summed E-state index contributed by atoms with van der Waals surface area (Å²) in [6, 6.07) is 0. The van der Waals surface area contributed by atoms with Crippen LogP contribution in [0.15, 0.2) is 9.21 Å². The van der Waals surface area contributed by atoms with Crippen LogP contribution in [0.2, 0.25) is 0 Å². The summed E-state index contributed by atoms with van der Waals surface area (Å²) in [7, 11) is 0. The third-order valence-electron chi connectivity index (χ3n) is 2.43. The van der Waals surface area contributed by atoms with Gasteiger partial charge in [0.15, 0.2) is 0 Å². The van der Waals surface area contributed by atoms with Crippen molar-refractivity contribution in [3.8, 4) is 0 Å². The second kappa shape index (κ2) is 3.96. The lowest BCUT2D eigenvalue weighted by Crippen LogP contribution is -2.06. The number of carbonyl (C=O) groups is 1. The summed E-state index contributed by atoms with van der Waals surface area (Å²) in [5.41, 5.74) is -0.0889. The van der Waals surface area contributed by atoms with Crippen molar-refractivity contribution in [1.82, 2.24) is 4.98 Å². The van der Waals surface area contributed by atoms with Gasteiger partial charge in [-0.2, -0.15) is 0 Å². The molecule has 0 aliphatic rings. The maximum absolute atomic E-state index is 11.8. The molecule has 1 N–H and O–H groups in total. The van der Waals surface area contributed by atoms with Crippen molar-refractivity contribution in [1.29, 1.82) is 0 Å². The van der Waals surface area contributed by atoms with Gasteiger partial charge in [0.2, 0.25) is 5.89 Å². The monoisotopic (exact) mass is 253 g/mol. The number of hydrogen-bond donors (Lipinski definition) is 1. The minimum Gasteiger partial charge on any atom is -0.477 e. The Labute approximate surface area is 101 Å². The molecule has 0 saturated heterocycles. The van der Waals surface area contributed by atoms with Crippen molar-refractivity contribution in [2.24, 2.45) is 0 Å². The molecule has 0 radical (unpaired) electrons. The quantitative estimate of drug-likeness (QED) is 0.888. The molecule has 0 saturated carbocycles. The van der Waals surface area contributed by atoms with Crippen molar-refractivity contribution in [3.63, 3.8) is 0 Å². The molecule has 0 aliphatic carbocycles. The fourth-order valence-corrected chi connectivity index (χ4v) is 2.55. The molecule has 5 nitrogen and oxygen atoms in total. The largest absolute Gasteiger partial charge is 0.477 e. The van der Waals surface area contributed by atoms with Crippen molar-refractivity contribution in [3.05, 3.63) is 26.8 Å². The van der Waals surface area contributed by atoms with Crippen LogP contribution in [-0.4, -0.2) is 16.1 Å². The zero-order valence-corrected chi connectivity index (χ0v) is 10.4. The molecule has 0 atom stereocenters. The minimum atomic E-state index is -1.05. The molecule has 2 aromatic rings. The van der Waals surface area contributed by atoms with Gasteiger partial charge >= 0.3 is 11.6 Å². The fraction of sp³-hybridized carbons (Fsp3) is 0.364. The van der Waals surface area contributed by atoms with Crippen molar-refractivity contribution < 1.29 is 14.3 Å². The highest BCUT2D eigenvalue weighted by molar-refractivity contribution is 7.20. The first-order valence-electron chi connectivity index (χ1n) is 5.09. The topological polar surface area (TPSA) is 80.4 Å². The molecule has 2 aromatic heterocycles. The van der Waals surface area contributed by atoms with E-state index in [-0.39, 0.29) is 16.2 Å². The van der Waals surface area contributed by atoms with Crippen LogP contribution in [0.1, 0.15) is 40.9 Å². The van der Waals surface area contributed by atoms with Crippen molar-refractivity contribution in [2.45, 2.75) is 26.7 Å². The standard InChI is InChI=1S/C11H11NO4S/c1-4(2)8-12-9-6(11(15)16-8)5(3)7(17-9)10(13)14/h4H,1-3H3,(H,13,14). The van der Waals surface area contributed by atoms with Crippen molar-refractivity contribution >= 4 is 27.5 Å². The van der Waals surface area contributed by atoms with Gasteiger partial charge < -0.3 is 9.52 Å². The van der Waals surface area contributed by atoms with Gasteiger partial charge in [-0.15, -0.1) is 11.3 Å². The molecule has 6 heteroatoms. The number of fused-ring (bicyclic) bond motifs is 1. The van der Waals surface area contributed by atoms with Gasteiger partial charge in [0.05, 0.1) is 0 Å². The van der Waals surface area contributed by atoms with Crippen LogP contribution in [0, 0.1) is 6.92 Å². The zero-order chi connectivity index (χ0) is 12.7. The summed E-state index contributed by atoms with van der Waals surface area (Å²) < 4.78 is 5.07. The van der Waals surface area contributed by atoms with Crippen LogP contribution in [0.4, 0.5) is 0 Å². The van der Waals surface area contributed by atoms with Crippen LogP contribution < -0.4 is 5.63 Å². The normalized spacial score (nSPS) is 11.3. The molecule has 2 rings (SSSR count). The summed E-state index contributed by atoms with van der Waals surface area (Å²) in [5.74, 6) is -0.723. The maximum atomic E-state index is 11.8. The van der Waals surface area contributed by atoms with E-state index in [4.69, 9.17) is 9.52 Å². The number of aromatic nitrogens is 1. The van der Waals surface area contributed by atoms with E-state index in [2.05, 4.69) is 4.98 Å². The highest BCUT2D eigenvalue weighted by Gasteiger charge is 2.20. The Hall–Kier alpha value is -1.69. The lowest BCUT2D eigenvalue weighted by atomic mass is 10.2. The predicted molar refractivity (Wildman–Crippen MR) is 63.9 cm³/mol. The van der Waals surface area contributed by atoms with Gasteiger partial charge in [-0.05, 0) is 12.5 Å². The van der Waals surface area contributed by atoms with E-state index < -0.39 is 11.6 Å². The smallest absolute Gasteiger partial charge is 0.348 e. The Bertz CT molecular complexity index is 653. The summed E-state index contributed by atoms with van der Waals surface area (Å²) >= 11 is 1.01. The molecular weight excluding hydrogens is 242 g/mol. The van der Waals surface area contributed by atoms with Crippen LogP contribution >= 0.6 is 11.3 Å². The highest BCUT2D eigenvalue weighted by Crippen LogP contribution is 2.28. The van der Waals surface area contributed by atoms with Gasteiger partial charge in [-0.25, -0.2) is 14.6 Å². The number of nitrogens with zero attached hydrogens (tertiary/aromatic N) is 1. The van der Waals surface area contributed by atoms with E-state index in [9.17, 15) is 9.59 Å². The van der Waals surface area contributed by atoms with Gasteiger partial charge in [-0.3, -0.25) is 0 Å². The zero-order valence-electron chi connectivity index (χ0n) is 9.60. The lowest BCUT2D eigenvalue weighted by Gasteiger charge is -2.00. The van der Waals surface area contributed by atoms with Crippen LogP contribution in [0.3, 0.4) is 0 Å². The first-order valence-corrected chi connectivity index (χ1v) is 5.91. The molecule has 90 valence electrons. The number of carboxylic acid groups (broad SMARTS) is 1. The summed E-state index contributed by atoms with van der Waals surface area (Å²) in [6.07, 6.45) is 0. The Kier molecular flexibility index (Phi) is 2.74. The first kappa shape index (κ1) is 11.8. The van der Waals surface area contributed by atoms with E-state index >= 15 is 0 Å². The molecular formula is C11H11NO4S. The fourth-order valence-electron chi connectivity index (χ4n) is 1.54. The molecule has 0 aliphatic heterocycles. The predicted octanol–water partition coefficient (Wildman–Crippen LogP) is 2.38. The first-order chi connectivity index (χ1) is 7.91. The van der Waals surface area contributed by atoms with Gasteiger partial charge in [0, 0.05) is 5.92 Å². The molecule has 0 unspecified atom stereocenters. The van der Waals surface area contributed by atoms with Crippen LogP contribution in [-0.2, 0) is 0 Å². The maximum Gasteiger partial charge on any atom is 0.348 e. The third kappa shape index (κ3) is 1.84. The molecule has 0 bridgehead atoms. The Morgan fingerprint density at radius 2 is 2.12 bits per heavy atom. The van der Waals surface area contributed by atoms with Crippen molar-refractivity contribution in [2.75, 3.05) is 0 Å². The van der Waals surface area contributed by atoms with Crippen LogP contribution in [0.25, 0.3) is 10.2 Å². The number of hydrogen-bond acceptors (Lipinski definition) is 5. The second-order valence-corrected chi connectivity index (χ2v) is 5.03. The summed E-state index contributed by atoms with van der Waals surface area (Å²) in [4.78, 5) is 27.5. The minimum absolute atomic E-state index is 0.0113. The number of rotatable bonds is 2. The number of thiophene rings is 1. The molecule has 0 aromatic carbocycles. The Balaban J connectivity index is 2.83. The van der Waals surface area contributed by atoms with E-state index in [1.54, 1.807) is 6.92 Å². The molecule has 2 heterocycles. The molecule has 0 spiro atoms. The molecule has 0 fully saturated rings. The Morgan fingerprint density at radius 1 is 1.47 bits per heavy atom. The molecule has 17 heavy (non-hydrogen) atoms. The second-order valence-electron chi connectivity index (χ2n) is 4.04. The van der Waals surface area contributed by atoms with E-state index in [1.807, 2.05) is 13.8 Å². The van der Waals surface area contributed by atoms with Gasteiger partial charge in [-0.1, -0.05) is 13.8 Å². The highest BCUT2D eigenvalue weighted by atomic mass is 32.1.